The number of rotatable bonds is 4. The molecule has 1 unspecified atom stereocenters. The Bertz CT molecular complexity index is 1020. The summed E-state index contributed by atoms with van der Waals surface area (Å²) in [7, 11) is 0. The predicted molar refractivity (Wildman–Crippen MR) is 105 cm³/mol. The van der Waals surface area contributed by atoms with Gasteiger partial charge in [-0.25, -0.2) is 4.39 Å². The lowest BCUT2D eigenvalue weighted by molar-refractivity contribution is -0.117. The van der Waals surface area contributed by atoms with Crippen LogP contribution in [-0.4, -0.2) is 28.6 Å². The van der Waals surface area contributed by atoms with Crippen LogP contribution in [0.2, 0.25) is 5.02 Å². The van der Waals surface area contributed by atoms with Crippen molar-refractivity contribution in [3.8, 4) is 0 Å². The Morgan fingerprint density at radius 1 is 1.14 bits per heavy atom. The molecular weight excluding hydrogens is 403 g/mol. The van der Waals surface area contributed by atoms with Crippen molar-refractivity contribution in [2.75, 3.05) is 16.8 Å². The Labute approximate surface area is 169 Å². The third-order valence-electron chi connectivity index (χ3n) is 4.38. The topological polar surface area (TPSA) is 75.2 Å². The van der Waals surface area contributed by atoms with Crippen LogP contribution in [0, 0.1) is 5.82 Å². The van der Waals surface area contributed by atoms with Crippen molar-refractivity contribution in [2.24, 2.45) is 0 Å². The molecule has 0 bridgehead atoms. The van der Waals surface area contributed by atoms with E-state index in [1.165, 1.54) is 23.5 Å². The van der Waals surface area contributed by atoms with Gasteiger partial charge in [0.25, 0.3) is 5.91 Å². The molecule has 0 aliphatic carbocycles. The molecule has 142 valence electrons. The fraction of sp³-hybridized carbons (Fsp3) is 0.158. The van der Waals surface area contributed by atoms with Gasteiger partial charge in [0, 0.05) is 35.2 Å². The van der Waals surface area contributed by atoms with Crippen LogP contribution in [0.4, 0.5) is 15.2 Å². The standard InChI is InChI=1S/C19H14ClFN4O2S/c20-13-3-1-11(2-4-13)17(27)22-19-24-23-18(28-19)12-9-16(26)25(10-12)15-7-5-14(21)6-8-15/h1-8,12H,9-10H2,(H,22,24,27). The van der Waals surface area contributed by atoms with E-state index in [1.807, 2.05) is 0 Å². The number of aromatic nitrogens is 2. The lowest BCUT2D eigenvalue weighted by Gasteiger charge is -2.16. The molecule has 0 radical (unpaired) electrons. The zero-order valence-electron chi connectivity index (χ0n) is 14.4. The molecule has 1 saturated heterocycles. The van der Waals surface area contributed by atoms with Gasteiger partial charge < -0.3 is 4.90 Å². The number of benzene rings is 2. The Morgan fingerprint density at radius 2 is 1.86 bits per heavy atom. The van der Waals surface area contributed by atoms with Crippen LogP contribution in [0.15, 0.2) is 48.5 Å². The van der Waals surface area contributed by atoms with E-state index in [4.69, 9.17) is 11.6 Å². The van der Waals surface area contributed by atoms with Crippen LogP contribution in [0.25, 0.3) is 0 Å². The summed E-state index contributed by atoms with van der Waals surface area (Å²) in [6, 6.07) is 12.3. The number of carbonyl (C=O) groups is 2. The molecule has 9 heteroatoms. The highest BCUT2D eigenvalue weighted by Gasteiger charge is 2.34. The number of nitrogens with zero attached hydrogens (tertiary/aromatic N) is 3. The van der Waals surface area contributed by atoms with E-state index in [0.717, 1.165) is 0 Å². The lowest BCUT2D eigenvalue weighted by Crippen LogP contribution is -2.24. The van der Waals surface area contributed by atoms with Crippen LogP contribution in [0.3, 0.4) is 0 Å². The number of carbonyl (C=O) groups excluding carboxylic acids is 2. The maximum atomic E-state index is 13.1. The molecule has 28 heavy (non-hydrogen) atoms. The van der Waals surface area contributed by atoms with Gasteiger partial charge in [-0.1, -0.05) is 22.9 Å². The van der Waals surface area contributed by atoms with Crippen LogP contribution in [0.5, 0.6) is 0 Å². The molecule has 2 amide bonds. The SMILES string of the molecule is O=C(Nc1nnc(C2CC(=O)N(c3ccc(F)cc3)C2)s1)c1ccc(Cl)cc1. The molecule has 1 N–H and O–H groups in total. The molecule has 3 aromatic rings. The van der Waals surface area contributed by atoms with Gasteiger partial charge in [-0.3, -0.25) is 14.9 Å². The highest BCUT2D eigenvalue weighted by molar-refractivity contribution is 7.15. The van der Waals surface area contributed by atoms with Gasteiger partial charge >= 0.3 is 0 Å². The van der Waals surface area contributed by atoms with Gasteiger partial charge in [0.2, 0.25) is 11.0 Å². The normalized spacial score (nSPS) is 16.4. The first-order chi connectivity index (χ1) is 13.5. The zero-order valence-corrected chi connectivity index (χ0v) is 16.0. The fourth-order valence-electron chi connectivity index (χ4n) is 2.96. The van der Waals surface area contributed by atoms with Gasteiger partial charge in [-0.05, 0) is 48.5 Å². The largest absolute Gasteiger partial charge is 0.312 e. The fourth-order valence-corrected chi connectivity index (χ4v) is 3.92. The Hall–Kier alpha value is -2.84. The van der Waals surface area contributed by atoms with E-state index < -0.39 is 0 Å². The van der Waals surface area contributed by atoms with Crippen molar-refractivity contribution in [2.45, 2.75) is 12.3 Å². The maximum Gasteiger partial charge on any atom is 0.257 e. The molecule has 1 aromatic heterocycles. The summed E-state index contributed by atoms with van der Waals surface area (Å²) in [5, 5.41) is 12.4. The second-order valence-electron chi connectivity index (χ2n) is 6.29. The number of amides is 2. The molecule has 0 spiro atoms. The van der Waals surface area contributed by atoms with Crippen molar-refractivity contribution < 1.29 is 14.0 Å². The Morgan fingerprint density at radius 3 is 2.57 bits per heavy atom. The molecule has 1 aliphatic heterocycles. The average Bonchev–Trinajstić information content (AvgIpc) is 3.29. The van der Waals surface area contributed by atoms with Crippen molar-refractivity contribution in [3.63, 3.8) is 0 Å². The summed E-state index contributed by atoms with van der Waals surface area (Å²) >= 11 is 7.06. The first-order valence-corrected chi connectivity index (χ1v) is 9.65. The second kappa shape index (κ2) is 7.65. The zero-order chi connectivity index (χ0) is 19.7. The molecule has 2 aromatic carbocycles. The van der Waals surface area contributed by atoms with E-state index in [-0.39, 0.29) is 30.0 Å². The number of anilines is 2. The third kappa shape index (κ3) is 3.88. The van der Waals surface area contributed by atoms with Crippen molar-refractivity contribution >= 4 is 45.6 Å². The van der Waals surface area contributed by atoms with Crippen LogP contribution >= 0.6 is 22.9 Å². The third-order valence-corrected chi connectivity index (χ3v) is 5.63. The summed E-state index contributed by atoms with van der Waals surface area (Å²) in [6.07, 6.45) is 0.289. The highest BCUT2D eigenvalue weighted by atomic mass is 35.5. The van der Waals surface area contributed by atoms with E-state index in [0.29, 0.717) is 33.0 Å². The maximum absolute atomic E-state index is 13.1. The van der Waals surface area contributed by atoms with E-state index >= 15 is 0 Å². The van der Waals surface area contributed by atoms with Gasteiger partial charge in [-0.15, -0.1) is 10.2 Å². The van der Waals surface area contributed by atoms with E-state index in [9.17, 15) is 14.0 Å². The van der Waals surface area contributed by atoms with Crippen molar-refractivity contribution in [1.29, 1.82) is 0 Å². The number of halogens is 2. The van der Waals surface area contributed by atoms with Crippen molar-refractivity contribution in [3.05, 3.63) is 69.9 Å². The molecule has 4 rings (SSSR count). The summed E-state index contributed by atoms with van der Waals surface area (Å²) in [5.74, 6) is -0.846. The Kier molecular flexibility index (Phi) is 5.06. The first-order valence-electron chi connectivity index (χ1n) is 8.46. The monoisotopic (exact) mass is 416 g/mol. The first kappa shape index (κ1) is 18.5. The smallest absolute Gasteiger partial charge is 0.257 e. The van der Waals surface area contributed by atoms with Gasteiger partial charge in [0.15, 0.2) is 0 Å². The molecule has 1 aliphatic rings. The summed E-state index contributed by atoms with van der Waals surface area (Å²) in [5.41, 5.74) is 1.11. The molecule has 1 atom stereocenters. The lowest BCUT2D eigenvalue weighted by atomic mass is 10.1. The molecule has 0 saturated carbocycles. The minimum Gasteiger partial charge on any atom is -0.312 e. The number of hydrogen-bond donors (Lipinski definition) is 1. The number of nitrogens with one attached hydrogen (secondary N) is 1. The van der Waals surface area contributed by atoms with Gasteiger partial charge in [0.1, 0.15) is 10.8 Å². The molecule has 6 nitrogen and oxygen atoms in total. The minimum absolute atomic E-state index is 0.0569. The van der Waals surface area contributed by atoms with Gasteiger partial charge in [-0.2, -0.15) is 0 Å². The summed E-state index contributed by atoms with van der Waals surface area (Å²) in [4.78, 5) is 26.2. The van der Waals surface area contributed by atoms with E-state index in [2.05, 4.69) is 15.5 Å². The summed E-state index contributed by atoms with van der Waals surface area (Å²) in [6.45, 7) is 0.435. The predicted octanol–water partition coefficient (Wildman–Crippen LogP) is 4.10. The minimum atomic E-state index is -0.350. The summed E-state index contributed by atoms with van der Waals surface area (Å²) < 4.78 is 13.1. The molecule has 1 fully saturated rings. The molecule has 2 heterocycles. The van der Waals surface area contributed by atoms with Gasteiger partial charge in [0.05, 0.1) is 0 Å². The van der Waals surface area contributed by atoms with Crippen LogP contribution in [-0.2, 0) is 4.79 Å². The van der Waals surface area contributed by atoms with Crippen molar-refractivity contribution in [1.82, 2.24) is 10.2 Å². The Balaban J connectivity index is 1.44. The second-order valence-corrected chi connectivity index (χ2v) is 7.73. The van der Waals surface area contributed by atoms with Crippen LogP contribution < -0.4 is 10.2 Å². The average molecular weight is 417 g/mol. The molecular formula is C19H14ClFN4O2S. The quantitative estimate of drug-likeness (QED) is 0.694. The van der Waals surface area contributed by atoms with E-state index in [1.54, 1.807) is 41.3 Å². The van der Waals surface area contributed by atoms with Crippen LogP contribution in [0.1, 0.15) is 27.7 Å². The highest BCUT2D eigenvalue weighted by Crippen LogP contribution is 2.34. The number of hydrogen-bond acceptors (Lipinski definition) is 5.